The molecule has 0 spiro atoms. The van der Waals surface area contributed by atoms with Crippen molar-refractivity contribution in [3.05, 3.63) is 23.8 Å². The van der Waals surface area contributed by atoms with Gasteiger partial charge in [0, 0.05) is 24.4 Å². The second-order valence-corrected chi connectivity index (χ2v) is 6.42. The molecule has 3 heteroatoms. The van der Waals surface area contributed by atoms with E-state index in [0.29, 0.717) is 0 Å². The first-order chi connectivity index (χ1) is 10.2. The Morgan fingerprint density at radius 1 is 1.19 bits per heavy atom. The van der Waals surface area contributed by atoms with Gasteiger partial charge in [0.15, 0.2) is 0 Å². The molecule has 1 heterocycles. The number of unbranched alkanes of at least 4 members (excludes halogenated alkanes) is 1. The lowest BCUT2D eigenvalue weighted by molar-refractivity contribution is 0.264. The van der Waals surface area contributed by atoms with Crippen molar-refractivity contribution in [3.63, 3.8) is 0 Å². The van der Waals surface area contributed by atoms with Gasteiger partial charge in [0.1, 0.15) is 5.82 Å². The number of aromatic nitrogens is 2. The maximum atomic E-state index is 9.72. The van der Waals surface area contributed by atoms with Gasteiger partial charge in [0.25, 0.3) is 0 Å². The van der Waals surface area contributed by atoms with E-state index in [1.807, 2.05) is 12.4 Å². The first kappa shape index (κ1) is 15.9. The van der Waals surface area contributed by atoms with Crippen LogP contribution in [-0.4, -0.2) is 9.97 Å². The molecule has 0 aromatic carbocycles. The Balaban J connectivity index is 2.06. The molecule has 0 atom stereocenters. The molecule has 0 unspecified atom stereocenters. The smallest absolute Gasteiger partial charge is 0.128 e. The van der Waals surface area contributed by atoms with Gasteiger partial charge in [-0.05, 0) is 38.0 Å². The molecule has 3 nitrogen and oxygen atoms in total. The van der Waals surface area contributed by atoms with Gasteiger partial charge in [-0.2, -0.15) is 5.26 Å². The summed E-state index contributed by atoms with van der Waals surface area (Å²) >= 11 is 0. The predicted molar refractivity (Wildman–Crippen MR) is 84.8 cm³/mol. The van der Waals surface area contributed by atoms with E-state index in [1.165, 1.54) is 25.7 Å². The van der Waals surface area contributed by atoms with E-state index in [9.17, 15) is 5.26 Å². The number of rotatable bonds is 6. The van der Waals surface area contributed by atoms with E-state index >= 15 is 0 Å². The Labute approximate surface area is 128 Å². The minimum Gasteiger partial charge on any atom is -0.241 e. The average Bonchev–Trinajstić information content (AvgIpc) is 2.55. The third-order valence-corrected chi connectivity index (χ3v) is 4.88. The lowest BCUT2D eigenvalue weighted by atomic mass is 9.67. The van der Waals surface area contributed by atoms with Crippen molar-refractivity contribution in [1.82, 2.24) is 9.97 Å². The summed E-state index contributed by atoms with van der Waals surface area (Å²) in [7, 11) is 0. The molecule has 1 aliphatic carbocycles. The minimum atomic E-state index is -0.340. The van der Waals surface area contributed by atoms with Crippen molar-refractivity contribution < 1.29 is 0 Å². The minimum absolute atomic E-state index is 0.340. The van der Waals surface area contributed by atoms with Crippen LogP contribution in [0.2, 0.25) is 0 Å². The highest BCUT2D eigenvalue weighted by Crippen LogP contribution is 2.42. The molecule has 0 bridgehead atoms. The van der Waals surface area contributed by atoms with Crippen LogP contribution in [0.25, 0.3) is 0 Å². The molecule has 1 aromatic heterocycles. The molecule has 21 heavy (non-hydrogen) atoms. The Bertz CT molecular complexity index is 464. The highest BCUT2D eigenvalue weighted by atomic mass is 14.9. The van der Waals surface area contributed by atoms with E-state index in [2.05, 4.69) is 29.9 Å². The van der Waals surface area contributed by atoms with Crippen molar-refractivity contribution in [2.24, 2.45) is 5.92 Å². The monoisotopic (exact) mass is 285 g/mol. The molecule has 0 radical (unpaired) electrons. The standard InChI is InChI=1S/C18H27N3/c1-3-5-7-17-20-12-16(13-21-17)18(14-19)10-8-15(6-4-2)9-11-18/h12-13,15H,3-11H2,1-2H3. The average molecular weight is 285 g/mol. The van der Waals surface area contributed by atoms with Gasteiger partial charge in [0.2, 0.25) is 0 Å². The molecule has 0 N–H and O–H groups in total. The SMILES string of the molecule is CCCCc1ncc(C2(C#N)CCC(CCC)CC2)cn1. The highest BCUT2D eigenvalue weighted by molar-refractivity contribution is 5.29. The third kappa shape index (κ3) is 3.81. The summed E-state index contributed by atoms with van der Waals surface area (Å²) in [6, 6.07) is 2.58. The lowest BCUT2D eigenvalue weighted by Gasteiger charge is -2.34. The Kier molecular flexibility index (Phi) is 5.73. The van der Waals surface area contributed by atoms with Crippen LogP contribution in [0.4, 0.5) is 0 Å². The van der Waals surface area contributed by atoms with Crippen LogP contribution in [0.15, 0.2) is 12.4 Å². The van der Waals surface area contributed by atoms with Gasteiger partial charge in [0.05, 0.1) is 11.5 Å². The van der Waals surface area contributed by atoms with E-state index in [-0.39, 0.29) is 5.41 Å². The molecular weight excluding hydrogens is 258 g/mol. The summed E-state index contributed by atoms with van der Waals surface area (Å²) in [4.78, 5) is 8.96. The molecule has 0 saturated heterocycles. The third-order valence-electron chi connectivity index (χ3n) is 4.88. The molecular formula is C18H27N3. The maximum absolute atomic E-state index is 9.72. The molecule has 1 fully saturated rings. The topological polar surface area (TPSA) is 49.6 Å². The second kappa shape index (κ2) is 7.54. The summed E-state index contributed by atoms with van der Waals surface area (Å²) in [5, 5.41) is 9.72. The van der Waals surface area contributed by atoms with Crippen molar-refractivity contribution in [3.8, 4) is 6.07 Å². The molecule has 1 aliphatic rings. The van der Waals surface area contributed by atoms with Crippen molar-refractivity contribution in [2.45, 2.75) is 77.0 Å². The van der Waals surface area contributed by atoms with Crippen molar-refractivity contribution in [1.29, 1.82) is 5.26 Å². The van der Waals surface area contributed by atoms with Gasteiger partial charge in [-0.25, -0.2) is 9.97 Å². The van der Waals surface area contributed by atoms with Crippen LogP contribution in [-0.2, 0) is 11.8 Å². The van der Waals surface area contributed by atoms with Gasteiger partial charge in [-0.1, -0.05) is 33.1 Å². The first-order valence-electron chi connectivity index (χ1n) is 8.46. The van der Waals surface area contributed by atoms with E-state index in [1.54, 1.807) is 0 Å². The van der Waals surface area contributed by atoms with Crippen LogP contribution < -0.4 is 0 Å². The van der Waals surface area contributed by atoms with E-state index < -0.39 is 0 Å². The zero-order valence-electron chi connectivity index (χ0n) is 13.4. The number of hydrogen-bond donors (Lipinski definition) is 0. The highest BCUT2D eigenvalue weighted by Gasteiger charge is 2.37. The van der Waals surface area contributed by atoms with Crippen LogP contribution in [0.3, 0.4) is 0 Å². The fourth-order valence-electron chi connectivity index (χ4n) is 3.40. The summed E-state index contributed by atoms with van der Waals surface area (Å²) in [5.41, 5.74) is 0.688. The van der Waals surface area contributed by atoms with Gasteiger partial charge in [-0.3, -0.25) is 0 Å². The normalized spacial score (nSPS) is 25.5. The predicted octanol–water partition coefficient (Wildman–Crippen LogP) is 4.57. The lowest BCUT2D eigenvalue weighted by Crippen LogP contribution is -2.30. The Morgan fingerprint density at radius 2 is 1.86 bits per heavy atom. The maximum Gasteiger partial charge on any atom is 0.128 e. The Hall–Kier alpha value is -1.43. The van der Waals surface area contributed by atoms with Gasteiger partial charge >= 0.3 is 0 Å². The molecule has 0 aliphatic heterocycles. The first-order valence-corrected chi connectivity index (χ1v) is 8.46. The van der Waals surface area contributed by atoms with E-state index in [0.717, 1.165) is 49.4 Å². The summed E-state index contributed by atoms with van der Waals surface area (Å²) < 4.78 is 0. The van der Waals surface area contributed by atoms with Crippen LogP contribution in [0.5, 0.6) is 0 Å². The van der Waals surface area contributed by atoms with E-state index in [4.69, 9.17) is 0 Å². The summed E-state index contributed by atoms with van der Waals surface area (Å²) in [5.74, 6) is 1.72. The van der Waals surface area contributed by atoms with Crippen molar-refractivity contribution >= 4 is 0 Å². The Morgan fingerprint density at radius 3 is 2.38 bits per heavy atom. The number of nitrogens with zero attached hydrogens (tertiary/aromatic N) is 3. The zero-order chi connectivity index (χ0) is 15.1. The summed E-state index contributed by atoms with van der Waals surface area (Å²) in [6.45, 7) is 4.42. The van der Waals surface area contributed by atoms with Crippen LogP contribution in [0.1, 0.15) is 76.6 Å². The molecule has 1 aromatic rings. The molecule has 2 rings (SSSR count). The van der Waals surface area contributed by atoms with Crippen molar-refractivity contribution in [2.75, 3.05) is 0 Å². The quantitative estimate of drug-likeness (QED) is 0.769. The number of hydrogen-bond acceptors (Lipinski definition) is 3. The number of aryl methyl sites for hydroxylation is 1. The molecule has 114 valence electrons. The van der Waals surface area contributed by atoms with Crippen LogP contribution >= 0.6 is 0 Å². The fourth-order valence-corrected chi connectivity index (χ4v) is 3.40. The van der Waals surface area contributed by atoms with Gasteiger partial charge < -0.3 is 0 Å². The zero-order valence-corrected chi connectivity index (χ0v) is 13.4. The molecule has 0 amide bonds. The largest absolute Gasteiger partial charge is 0.241 e. The van der Waals surface area contributed by atoms with Crippen LogP contribution in [0, 0.1) is 17.2 Å². The fraction of sp³-hybridized carbons (Fsp3) is 0.722. The number of nitriles is 1. The summed E-state index contributed by atoms with van der Waals surface area (Å²) in [6.07, 6.45) is 13.8. The van der Waals surface area contributed by atoms with Gasteiger partial charge in [-0.15, -0.1) is 0 Å². The second-order valence-electron chi connectivity index (χ2n) is 6.42. The molecule has 1 saturated carbocycles.